The monoisotopic (exact) mass is 299 g/mol. The fourth-order valence-electron chi connectivity index (χ4n) is 3.86. The molecule has 4 atom stereocenters. The topological polar surface area (TPSA) is 92.6 Å². The first-order valence-corrected chi connectivity index (χ1v) is 7.14. The van der Waals surface area contributed by atoms with Crippen LogP contribution in [0.3, 0.4) is 0 Å². The molecule has 22 heavy (non-hydrogen) atoms. The van der Waals surface area contributed by atoms with Gasteiger partial charge in [0.2, 0.25) is 0 Å². The summed E-state index contributed by atoms with van der Waals surface area (Å²) in [5.41, 5.74) is 2.63. The summed E-state index contributed by atoms with van der Waals surface area (Å²) in [5.74, 6) is -0.987. The summed E-state index contributed by atoms with van der Waals surface area (Å²) < 4.78 is 0. The van der Waals surface area contributed by atoms with Crippen LogP contribution in [0.5, 0.6) is 0 Å². The molecule has 1 aromatic rings. The Morgan fingerprint density at radius 1 is 1.09 bits per heavy atom. The number of hydrazine groups is 1. The van der Waals surface area contributed by atoms with Crippen molar-refractivity contribution in [2.45, 2.75) is 6.42 Å². The van der Waals surface area contributed by atoms with Crippen molar-refractivity contribution in [2.75, 3.05) is 5.43 Å². The fourth-order valence-corrected chi connectivity index (χ4v) is 3.86. The summed E-state index contributed by atoms with van der Waals surface area (Å²) in [6.07, 6.45) is 4.86. The van der Waals surface area contributed by atoms with E-state index in [9.17, 15) is 19.7 Å². The molecule has 2 amide bonds. The second kappa shape index (κ2) is 4.40. The van der Waals surface area contributed by atoms with Crippen molar-refractivity contribution >= 4 is 23.2 Å². The number of allylic oxidation sites excluding steroid dienone is 2. The van der Waals surface area contributed by atoms with Crippen LogP contribution in [0.15, 0.2) is 36.4 Å². The van der Waals surface area contributed by atoms with Crippen molar-refractivity contribution in [1.82, 2.24) is 5.01 Å². The summed E-state index contributed by atoms with van der Waals surface area (Å²) >= 11 is 0. The van der Waals surface area contributed by atoms with E-state index in [2.05, 4.69) is 5.43 Å². The number of hydrogen-bond donors (Lipinski definition) is 1. The van der Waals surface area contributed by atoms with Gasteiger partial charge >= 0.3 is 0 Å². The lowest BCUT2D eigenvalue weighted by molar-refractivity contribution is -0.384. The number of hydrogen-bond acceptors (Lipinski definition) is 5. The lowest BCUT2D eigenvalue weighted by atomic mass is 9.85. The van der Waals surface area contributed by atoms with Gasteiger partial charge in [0.15, 0.2) is 0 Å². The Kier molecular flexibility index (Phi) is 2.60. The molecule has 7 heteroatoms. The largest absolute Gasteiger partial charge is 0.294 e. The van der Waals surface area contributed by atoms with Gasteiger partial charge in [-0.25, -0.2) is 0 Å². The Balaban J connectivity index is 1.64. The molecule has 1 aliphatic heterocycles. The number of carbonyl (C=O) groups excluding carboxylic acids is 2. The molecule has 7 nitrogen and oxygen atoms in total. The highest BCUT2D eigenvalue weighted by molar-refractivity contribution is 6.07. The van der Waals surface area contributed by atoms with Gasteiger partial charge in [-0.1, -0.05) is 24.3 Å². The molecule has 0 unspecified atom stereocenters. The van der Waals surface area contributed by atoms with Crippen molar-refractivity contribution in [1.29, 1.82) is 0 Å². The lowest BCUT2D eigenvalue weighted by Crippen LogP contribution is -2.38. The molecule has 2 fully saturated rings. The number of nitrogens with one attached hydrogen (secondary N) is 1. The molecule has 2 aliphatic carbocycles. The number of nitro groups is 1. The minimum atomic E-state index is -0.542. The molecule has 1 heterocycles. The Bertz CT molecular complexity index is 699. The van der Waals surface area contributed by atoms with E-state index in [-0.39, 0.29) is 46.9 Å². The van der Waals surface area contributed by atoms with E-state index >= 15 is 0 Å². The summed E-state index contributed by atoms with van der Waals surface area (Å²) in [5, 5.41) is 12.0. The third kappa shape index (κ3) is 1.62. The zero-order chi connectivity index (χ0) is 15.4. The van der Waals surface area contributed by atoms with Gasteiger partial charge in [0, 0.05) is 6.07 Å². The van der Waals surface area contributed by atoms with Crippen LogP contribution in [0.1, 0.15) is 6.42 Å². The molecule has 0 aromatic heterocycles. The summed E-state index contributed by atoms with van der Waals surface area (Å²) in [6.45, 7) is 0. The van der Waals surface area contributed by atoms with Crippen LogP contribution in [0.25, 0.3) is 0 Å². The fraction of sp³-hybridized carbons (Fsp3) is 0.333. The first-order chi connectivity index (χ1) is 10.6. The van der Waals surface area contributed by atoms with E-state index in [0.717, 1.165) is 11.4 Å². The average Bonchev–Trinajstić information content (AvgIpc) is 3.17. The predicted molar refractivity (Wildman–Crippen MR) is 76.3 cm³/mol. The number of amides is 2. The number of nitrogens with zero attached hydrogens (tertiary/aromatic N) is 2. The highest BCUT2D eigenvalue weighted by Gasteiger charge is 2.59. The zero-order valence-electron chi connectivity index (χ0n) is 11.5. The maximum absolute atomic E-state index is 12.5. The first-order valence-electron chi connectivity index (χ1n) is 7.14. The van der Waals surface area contributed by atoms with E-state index in [1.807, 2.05) is 12.2 Å². The van der Waals surface area contributed by atoms with E-state index in [1.165, 1.54) is 18.2 Å². The quantitative estimate of drug-likeness (QED) is 0.397. The molecule has 2 bridgehead atoms. The molecular formula is C15H13N3O4. The smallest absolute Gasteiger partial charge is 0.282 e. The van der Waals surface area contributed by atoms with Crippen LogP contribution in [0, 0.1) is 33.8 Å². The van der Waals surface area contributed by atoms with E-state index in [1.54, 1.807) is 6.07 Å². The van der Waals surface area contributed by atoms with Gasteiger partial charge in [-0.05, 0) is 24.3 Å². The molecule has 112 valence electrons. The van der Waals surface area contributed by atoms with Gasteiger partial charge in [0.25, 0.3) is 17.5 Å². The number of para-hydroxylation sites is 2. The Morgan fingerprint density at radius 2 is 1.68 bits per heavy atom. The predicted octanol–water partition coefficient (Wildman–Crippen LogP) is 1.73. The third-order valence-corrected chi connectivity index (χ3v) is 4.80. The van der Waals surface area contributed by atoms with E-state index < -0.39 is 4.92 Å². The summed E-state index contributed by atoms with van der Waals surface area (Å²) in [6, 6.07) is 5.97. The molecule has 1 aromatic carbocycles. The van der Waals surface area contributed by atoms with E-state index in [4.69, 9.17) is 0 Å². The van der Waals surface area contributed by atoms with Gasteiger partial charge in [0.1, 0.15) is 5.69 Å². The maximum Gasteiger partial charge on any atom is 0.294 e. The van der Waals surface area contributed by atoms with Gasteiger partial charge < -0.3 is 0 Å². The van der Waals surface area contributed by atoms with Crippen molar-refractivity contribution in [3.8, 4) is 0 Å². The average molecular weight is 299 g/mol. The highest BCUT2D eigenvalue weighted by atomic mass is 16.6. The third-order valence-electron chi connectivity index (χ3n) is 4.80. The molecule has 3 aliphatic rings. The van der Waals surface area contributed by atoms with Crippen LogP contribution in [0.2, 0.25) is 0 Å². The van der Waals surface area contributed by atoms with Crippen LogP contribution in [-0.2, 0) is 9.59 Å². The summed E-state index contributed by atoms with van der Waals surface area (Å²) in [7, 11) is 0. The Morgan fingerprint density at radius 3 is 2.27 bits per heavy atom. The number of benzene rings is 1. The zero-order valence-corrected chi connectivity index (χ0v) is 11.5. The number of rotatable bonds is 3. The number of fused-ring (bicyclic) bond motifs is 5. The van der Waals surface area contributed by atoms with Crippen molar-refractivity contribution in [3.05, 3.63) is 46.5 Å². The minimum absolute atomic E-state index is 0.115. The van der Waals surface area contributed by atoms with E-state index in [0.29, 0.717) is 0 Å². The van der Waals surface area contributed by atoms with Gasteiger partial charge in [-0.15, -0.1) is 0 Å². The van der Waals surface area contributed by atoms with Crippen molar-refractivity contribution < 1.29 is 14.5 Å². The Hall–Kier alpha value is -2.70. The second-order valence-corrected chi connectivity index (χ2v) is 5.90. The maximum atomic E-state index is 12.5. The van der Waals surface area contributed by atoms with Crippen LogP contribution >= 0.6 is 0 Å². The summed E-state index contributed by atoms with van der Waals surface area (Å²) in [4.78, 5) is 35.5. The molecule has 0 spiro atoms. The van der Waals surface area contributed by atoms with Crippen molar-refractivity contribution in [2.24, 2.45) is 23.7 Å². The Labute approximate surface area is 125 Å². The SMILES string of the molecule is O=C1[C@@H]2[C@H](C(=O)N1Nc1ccccc1[N+](=O)[O-])[C@@H]1C=C[C@H]2C1. The number of imide groups is 1. The van der Waals surface area contributed by atoms with Gasteiger partial charge in [-0.3, -0.25) is 25.1 Å². The standard InChI is InChI=1S/C15H13N3O4/c19-14-12-8-5-6-9(7-8)13(12)15(20)17(14)16-10-3-1-2-4-11(10)18(21)22/h1-6,8-9,12-13,16H,7H2/t8-,9+,12-,13+. The van der Waals surface area contributed by atoms with Gasteiger partial charge in [0.05, 0.1) is 16.8 Å². The lowest BCUT2D eigenvalue weighted by Gasteiger charge is -2.19. The molecule has 1 saturated carbocycles. The number of nitro benzene ring substituents is 1. The molecule has 1 saturated heterocycles. The molecule has 1 N–H and O–H groups in total. The first kappa shape index (κ1) is 13.0. The normalized spacial score (nSPS) is 31.7. The molecule has 4 rings (SSSR count). The van der Waals surface area contributed by atoms with Crippen LogP contribution in [-0.4, -0.2) is 21.7 Å². The highest BCUT2D eigenvalue weighted by Crippen LogP contribution is 2.52. The van der Waals surface area contributed by atoms with Crippen LogP contribution < -0.4 is 5.43 Å². The second-order valence-electron chi connectivity index (χ2n) is 5.90. The van der Waals surface area contributed by atoms with Crippen molar-refractivity contribution in [3.63, 3.8) is 0 Å². The van der Waals surface area contributed by atoms with Gasteiger partial charge in [-0.2, -0.15) is 5.01 Å². The molecule has 0 radical (unpaired) electrons. The number of anilines is 1. The molecular weight excluding hydrogens is 286 g/mol. The van der Waals surface area contributed by atoms with Crippen LogP contribution in [0.4, 0.5) is 11.4 Å². The number of carbonyl (C=O) groups is 2. The minimum Gasteiger partial charge on any atom is -0.282 e.